The Kier molecular flexibility index (Phi) is 3.98. The van der Waals surface area contributed by atoms with Gasteiger partial charge in [-0.1, -0.05) is 0 Å². The van der Waals surface area contributed by atoms with E-state index in [9.17, 15) is 8.78 Å². The van der Waals surface area contributed by atoms with E-state index in [1.54, 1.807) is 6.20 Å². The molecule has 0 bridgehead atoms. The Balaban J connectivity index is 1.77. The van der Waals surface area contributed by atoms with Gasteiger partial charge >= 0.3 is 0 Å². The van der Waals surface area contributed by atoms with Crippen LogP contribution in [0, 0.1) is 11.6 Å². The van der Waals surface area contributed by atoms with Crippen molar-refractivity contribution in [2.24, 2.45) is 5.73 Å². The smallest absolute Gasteiger partial charge is 0.151 e. The number of benzene rings is 1. The van der Waals surface area contributed by atoms with Gasteiger partial charge in [0.15, 0.2) is 5.82 Å². The first-order valence-corrected chi connectivity index (χ1v) is 7.11. The molecule has 2 heterocycles. The molecule has 1 saturated heterocycles. The molecule has 0 radical (unpaired) electrons. The van der Waals surface area contributed by atoms with E-state index < -0.39 is 11.6 Å². The Bertz CT molecular complexity index is 626. The van der Waals surface area contributed by atoms with Crippen LogP contribution in [0.4, 0.5) is 8.78 Å². The highest BCUT2D eigenvalue weighted by Crippen LogP contribution is 2.19. The zero-order valence-corrected chi connectivity index (χ0v) is 11.7. The van der Waals surface area contributed by atoms with E-state index in [-0.39, 0.29) is 5.69 Å². The first-order chi connectivity index (χ1) is 10.2. The summed E-state index contributed by atoms with van der Waals surface area (Å²) in [5.41, 5.74) is 6.87. The van der Waals surface area contributed by atoms with E-state index in [0.29, 0.717) is 19.1 Å². The highest BCUT2D eigenvalue weighted by atomic mass is 19.1. The minimum Gasteiger partial charge on any atom is -0.329 e. The lowest BCUT2D eigenvalue weighted by atomic mass is 10.2. The van der Waals surface area contributed by atoms with Crippen LogP contribution in [0.25, 0.3) is 5.69 Å². The van der Waals surface area contributed by atoms with Gasteiger partial charge in [0.05, 0.1) is 5.69 Å². The number of rotatable bonds is 4. The summed E-state index contributed by atoms with van der Waals surface area (Å²) in [7, 11) is 0. The van der Waals surface area contributed by atoms with Crippen LogP contribution in [0.15, 0.2) is 30.5 Å². The van der Waals surface area contributed by atoms with Gasteiger partial charge in [0.1, 0.15) is 11.5 Å². The maximum absolute atomic E-state index is 13.7. The third-order valence-corrected chi connectivity index (χ3v) is 3.94. The first-order valence-electron chi connectivity index (χ1n) is 7.11. The van der Waals surface area contributed by atoms with Crippen molar-refractivity contribution in [3.8, 4) is 5.69 Å². The fraction of sp³-hybridized carbons (Fsp3) is 0.400. The quantitative estimate of drug-likeness (QED) is 0.938. The van der Waals surface area contributed by atoms with Gasteiger partial charge in [-0.3, -0.25) is 4.90 Å². The number of hydrogen-bond acceptors (Lipinski definition) is 3. The number of likely N-dealkylation sites (tertiary alicyclic amines) is 1. The summed E-state index contributed by atoms with van der Waals surface area (Å²) in [5, 5.41) is 4.37. The van der Waals surface area contributed by atoms with Gasteiger partial charge in [-0.15, -0.1) is 0 Å². The molecule has 1 unspecified atom stereocenters. The predicted octanol–water partition coefficient (Wildman–Crippen LogP) is 2.07. The van der Waals surface area contributed by atoms with Crippen LogP contribution in [0.5, 0.6) is 0 Å². The van der Waals surface area contributed by atoms with Gasteiger partial charge < -0.3 is 5.73 Å². The lowest BCUT2D eigenvalue weighted by molar-refractivity contribution is 0.247. The van der Waals surface area contributed by atoms with Crippen molar-refractivity contribution in [3.63, 3.8) is 0 Å². The van der Waals surface area contributed by atoms with Gasteiger partial charge in [0, 0.05) is 31.4 Å². The normalized spacial score (nSPS) is 19.3. The Morgan fingerprint density at radius 3 is 2.90 bits per heavy atom. The van der Waals surface area contributed by atoms with Crippen molar-refractivity contribution >= 4 is 0 Å². The number of nitrogens with two attached hydrogens (primary N) is 1. The zero-order valence-electron chi connectivity index (χ0n) is 11.7. The van der Waals surface area contributed by atoms with Crippen LogP contribution < -0.4 is 5.73 Å². The number of aromatic nitrogens is 2. The standard InChI is InChI=1S/C15H18F2N4/c16-11-3-4-15(14(17)8-11)21-7-5-12(19-21)10-20-6-1-2-13(20)9-18/h3-5,7-8,13H,1-2,6,9-10,18H2. The molecular weight excluding hydrogens is 274 g/mol. The van der Waals surface area contributed by atoms with Gasteiger partial charge in [0.25, 0.3) is 0 Å². The van der Waals surface area contributed by atoms with E-state index in [1.807, 2.05) is 6.07 Å². The molecule has 6 heteroatoms. The summed E-state index contributed by atoms with van der Waals surface area (Å²) in [6.45, 7) is 2.37. The SMILES string of the molecule is NCC1CCCN1Cc1ccn(-c2ccc(F)cc2F)n1. The molecule has 3 rings (SSSR count). The molecule has 0 aliphatic carbocycles. The lowest BCUT2D eigenvalue weighted by Crippen LogP contribution is -2.34. The molecule has 2 N–H and O–H groups in total. The number of hydrogen-bond donors (Lipinski definition) is 1. The van der Waals surface area contributed by atoms with Gasteiger partial charge in [-0.05, 0) is 37.6 Å². The fourth-order valence-corrected chi connectivity index (χ4v) is 2.83. The second-order valence-electron chi connectivity index (χ2n) is 5.35. The van der Waals surface area contributed by atoms with Crippen LogP contribution in [-0.4, -0.2) is 33.8 Å². The molecule has 1 aliphatic rings. The number of nitrogens with zero attached hydrogens (tertiary/aromatic N) is 3. The number of halogens is 2. The summed E-state index contributed by atoms with van der Waals surface area (Å²) in [5.74, 6) is -1.21. The molecule has 112 valence electrons. The molecular formula is C15H18F2N4. The summed E-state index contributed by atoms with van der Waals surface area (Å²) < 4.78 is 28.1. The molecule has 0 amide bonds. The average molecular weight is 292 g/mol. The Morgan fingerprint density at radius 2 is 2.14 bits per heavy atom. The van der Waals surface area contributed by atoms with E-state index in [2.05, 4.69) is 10.00 Å². The third kappa shape index (κ3) is 2.96. The fourth-order valence-electron chi connectivity index (χ4n) is 2.83. The Hall–Kier alpha value is -1.79. The summed E-state index contributed by atoms with van der Waals surface area (Å²) in [6, 6.07) is 5.73. The highest BCUT2D eigenvalue weighted by Gasteiger charge is 2.23. The summed E-state index contributed by atoms with van der Waals surface area (Å²) in [4.78, 5) is 2.30. The van der Waals surface area contributed by atoms with Crippen molar-refractivity contribution in [2.45, 2.75) is 25.4 Å². The second kappa shape index (κ2) is 5.91. The molecule has 0 spiro atoms. The second-order valence-corrected chi connectivity index (χ2v) is 5.35. The highest BCUT2D eigenvalue weighted by molar-refractivity contribution is 5.33. The van der Waals surface area contributed by atoms with Crippen LogP contribution in [0.3, 0.4) is 0 Å². The molecule has 4 nitrogen and oxygen atoms in total. The topological polar surface area (TPSA) is 47.1 Å². The third-order valence-electron chi connectivity index (χ3n) is 3.94. The first kappa shape index (κ1) is 14.2. The zero-order chi connectivity index (χ0) is 14.8. The van der Waals surface area contributed by atoms with E-state index in [1.165, 1.54) is 16.8 Å². The molecule has 1 aromatic carbocycles. The van der Waals surface area contributed by atoms with Crippen LogP contribution in [0.2, 0.25) is 0 Å². The maximum Gasteiger partial charge on any atom is 0.151 e. The van der Waals surface area contributed by atoms with E-state index in [0.717, 1.165) is 31.1 Å². The van der Waals surface area contributed by atoms with Crippen molar-refractivity contribution in [3.05, 3.63) is 47.8 Å². The van der Waals surface area contributed by atoms with Crippen molar-refractivity contribution in [2.75, 3.05) is 13.1 Å². The van der Waals surface area contributed by atoms with Crippen LogP contribution >= 0.6 is 0 Å². The molecule has 21 heavy (non-hydrogen) atoms. The summed E-state index contributed by atoms with van der Waals surface area (Å²) in [6.07, 6.45) is 3.96. The molecule has 2 aromatic rings. The monoisotopic (exact) mass is 292 g/mol. The van der Waals surface area contributed by atoms with Gasteiger partial charge in [-0.25, -0.2) is 13.5 Å². The Morgan fingerprint density at radius 1 is 1.29 bits per heavy atom. The van der Waals surface area contributed by atoms with Crippen LogP contribution in [0.1, 0.15) is 18.5 Å². The van der Waals surface area contributed by atoms with Gasteiger partial charge in [-0.2, -0.15) is 5.10 Å². The van der Waals surface area contributed by atoms with Gasteiger partial charge in [0.2, 0.25) is 0 Å². The molecule has 1 atom stereocenters. The van der Waals surface area contributed by atoms with Crippen molar-refractivity contribution in [1.82, 2.24) is 14.7 Å². The summed E-state index contributed by atoms with van der Waals surface area (Å²) >= 11 is 0. The van der Waals surface area contributed by atoms with Crippen molar-refractivity contribution in [1.29, 1.82) is 0 Å². The molecule has 1 aliphatic heterocycles. The van der Waals surface area contributed by atoms with E-state index >= 15 is 0 Å². The van der Waals surface area contributed by atoms with Crippen LogP contribution in [-0.2, 0) is 6.54 Å². The average Bonchev–Trinajstić information content (AvgIpc) is 3.08. The molecule has 1 aromatic heterocycles. The predicted molar refractivity (Wildman–Crippen MR) is 76.0 cm³/mol. The minimum atomic E-state index is -0.620. The van der Waals surface area contributed by atoms with E-state index in [4.69, 9.17) is 5.73 Å². The maximum atomic E-state index is 13.7. The minimum absolute atomic E-state index is 0.249. The lowest BCUT2D eigenvalue weighted by Gasteiger charge is -2.21. The largest absolute Gasteiger partial charge is 0.329 e. The Labute approximate surface area is 122 Å². The molecule has 0 saturated carbocycles. The molecule has 1 fully saturated rings. The van der Waals surface area contributed by atoms with Crippen molar-refractivity contribution < 1.29 is 8.78 Å².